The Balaban J connectivity index is 2.04. The summed E-state index contributed by atoms with van der Waals surface area (Å²) in [5.41, 5.74) is -0.646. The van der Waals surface area contributed by atoms with Crippen LogP contribution in [0.4, 0.5) is 13.2 Å². The minimum atomic E-state index is -4.46. The van der Waals surface area contributed by atoms with Crippen LogP contribution in [-0.2, 0) is 16.2 Å². The first-order valence-corrected chi connectivity index (χ1v) is 8.08. The molecule has 0 saturated carbocycles. The van der Waals surface area contributed by atoms with Crippen LogP contribution in [0.5, 0.6) is 0 Å². The number of benzene rings is 2. The molecule has 0 fully saturated rings. The van der Waals surface area contributed by atoms with E-state index in [2.05, 4.69) is 4.72 Å². The van der Waals surface area contributed by atoms with Crippen molar-refractivity contribution in [2.45, 2.75) is 17.2 Å². The number of aliphatic hydroxyl groups is 1. The Morgan fingerprint density at radius 1 is 1.00 bits per heavy atom. The van der Waals surface area contributed by atoms with Crippen molar-refractivity contribution in [2.75, 3.05) is 6.54 Å². The average molecular weight is 345 g/mol. The summed E-state index contributed by atoms with van der Waals surface area (Å²) in [5.74, 6) is 0. The van der Waals surface area contributed by atoms with Gasteiger partial charge in [-0.25, -0.2) is 13.1 Å². The second-order valence-corrected chi connectivity index (χ2v) is 6.57. The Hall–Kier alpha value is -1.90. The van der Waals surface area contributed by atoms with Gasteiger partial charge in [0.1, 0.15) is 0 Å². The van der Waals surface area contributed by atoms with Gasteiger partial charge in [0, 0.05) is 6.54 Å². The lowest BCUT2D eigenvalue weighted by Gasteiger charge is -2.14. The summed E-state index contributed by atoms with van der Waals surface area (Å²) in [7, 11) is -3.78. The molecule has 4 nitrogen and oxygen atoms in total. The van der Waals surface area contributed by atoms with Gasteiger partial charge < -0.3 is 5.11 Å². The van der Waals surface area contributed by atoms with E-state index in [1.165, 1.54) is 12.1 Å². The highest BCUT2D eigenvalue weighted by Crippen LogP contribution is 2.29. The molecule has 0 amide bonds. The van der Waals surface area contributed by atoms with Crippen molar-refractivity contribution < 1.29 is 26.7 Å². The van der Waals surface area contributed by atoms with Crippen molar-refractivity contribution in [3.63, 3.8) is 0 Å². The van der Waals surface area contributed by atoms with Gasteiger partial charge in [0.2, 0.25) is 10.0 Å². The van der Waals surface area contributed by atoms with E-state index in [0.717, 1.165) is 24.3 Å². The van der Waals surface area contributed by atoms with Crippen LogP contribution >= 0.6 is 0 Å². The number of halogens is 3. The van der Waals surface area contributed by atoms with Gasteiger partial charge in [-0.05, 0) is 29.8 Å². The molecule has 0 aliphatic heterocycles. The normalized spacial score (nSPS) is 13.7. The Bertz CT molecular complexity index is 744. The highest BCUT2D eigenvalue weighted by molar-refractivity contribution is 7.89. The fourth-order valence-corrected chi connectivity index (χ4v) is 2.94. The van der Waals surface area contributed by atoms with Crippen molar-refractivity contribution in [3.8, 4) is 0 Å². The fraction of sp³-hybridized carbons (Fsp3) is 0.200. The predicted octanol–water partition coefficient (Wildman–Crippen LogP) is 2.72. The van der Waals surface area contributed by atoms with Crippen LogP contribution in [0.2, 0.25) is 0 Å². The molecule has 0 spiro atoms. The fourth-order valence-electron chi connectivity index (χ4n) is 1.88. The second-order valence-electron chi connectivity index (χ2n) is 4.80. The molecule has 0 heterocycles. The van der Waals surface area contributed by atoms with E-state index in [9.17, 15) is 26.7 Å². The van der Waals surface area contributed by atoms with Gasteiger partial charge in [0.15, 0.2) is 0 Å². The molecular weight excluding hydrogens is 331 g/mol. The summed E-state index contributed by atoms with van der Waals surface area (Å²) >= 11 is 0. The zero-order valence-electron chi connectivity index (χ0n) is 11.8. The summed E-state index contributed by atoms with van der Waals surface area (Å²) in [4.78, 5) is 0.0413. The van der Waals surface area contributed by atoms with Crippen molar-refractivity contribution in [3.05, 3.63) is 65.7 Å². The maximum absolute atomic E-state index is 12.5. The predicted molar refractivity (Wildman–Crippen MR) is 78.0 cm³/mol. The Labute approximate surface area is 131 Å². The first-order valence-electron chi connectivity index (χ1n) is 6.60. The Morgan fingerprint density at radius 3 is 2.09 bits per heavy atom. The Kier molecular flexibility index (Phi) is 5.08. The molecule has 0 bridgehead atoms. The van der Waals surface area contributed by atoms with E-state index >= 15 is 0 Å². The lowest BCUT2D eigenvalue weighted by Crippen LogP contribution is -2.28. The molecule has 124 valence electrons. The SMILES string of the molecule is O=S(=O)(NCC(O)c1ccc(C(F)(F)F)cc1)c1ccccc1. The van der Waals surface area contributed by atoms with Gasteiger partial charge in [-0.15, -0.1) is 0 Å². The number of alkyl halides is 3. The quantitative estimate of drug-likeness (QED) is 0.876. The number of nitrogens with one attached hydrogen (secondary N) is 1. The minimum absolute atomic E-state index is 0.0413. The van der Waals surface area contributed by atoms with Gasteiger partial charge >= 0.3 is 6.18 Å². The summed E-state index contributed by atoms with van der Waals surface area (Å²) in [6.07, 6.45) is -5.71. The molecule has 0 radical (unpaired) electrons. The van der Waals surface area contributed by atoms with Gasteiger partial charge in [-0.3, -0.25) is 0 Å². The molecule has 23 heavy (non-hydrogen) atoms. The standard InChI is InChI=1S/C15H14F3NO3S/c16-15(17,18)12-8-6-11(7-9-12)14(20)10-19-23(21,22)13-4-2-1-3-5-13/h1-9,14,19-20H,10H2. The van der Waals surface area contributed by atoms with Gasteiger partial charge in [-0.1, -0.05) is 30.3 Å². The van der Waals surface area contributed by atoms with Crippen LogP contribution in [0.3, 0.4) is 0 Å². The van der Waals surface area contributed by atoms with E-state index in [1.54, 1.807) is 18.2 Å². The molecule has 2 rings (SSSR count). The molecule has 0 aliphatic rings. The Morgan fingerprint density at radius 2 is 1.57 bits per heavy atom. The third-order valence-electron chi connectivity index (χ3n) is 3.14. The molecule has 0 aromatic heterocycles. The highest BCUT2D eigenvalue weighted by atomic mass is 32.2. The first kappa shape index (κ1) is 17.5. The zero-order chi connectivity index (χ0) is 17.1. The molecule has 1 atom stereocenters. The molecule has 2 aromatic rings. The van der Waals surface area contributed by atoms with E-state index in [-0.39, 0.29) is 17.0 Å². The molecule has 0 saturated heterocycles. The van der Waals surface area contributed by atoms with Crippen molar-refractivity contribution in [1.29, 1.82) is 0 Å². The van der Waals surface area contributed by atoms with Gasteiger partial charge in [0.25, 0.3) is 0 Å². The van der Waals surface area contributed by atoms with E-state index in [0.29, 0.717) is 0 Å². The molecule has 1 unspecified atom stereocenters. The lowest BCUT2D eigenvalue weighted by atomic mass is 10.1. The zero-order valence-corrected chi connectivity index (χ0v) is 12.6. The summed E-state index contributed by atoms with van der Waals surface area (Å²) < 4.78 is 63.6. The lowest BCUT2D eigenvalue weighted by molar-refractivity contribution is -0.137. The number of rotatable bonds is 5. The van der Waals surface area contributed by atoms with Crippen LogP contribution in [0.15, 0.2) is 59.5 Å². The van der Waals surface area contributed by atoms with Crippen molar-refractivity contribution in [1.82, 2.24) is 4.72 Å². The number of hydrogen-bond donors (Lipinski definition) is 2. The molecule has 2 N–H and O–H groups in total. The maximum Gasteiger partial charge on any atom is 0.416 e. The molecule has 0 aliphatic carbocycles. The highest BCUT2D eigenvalue weighted by Gasteiger charge is 2.30. The molecule has 8 heteroatoms. The largest absolute Gasteiger partial charge is 0.416 e. The monoisotopic (exact) mass is 345 g/mol. The smallest absolute Gasteiger partial charge is 0.387 e. The van der Waals surface area contributed by atoms with E-state index in [4.69, 9.17) is 0 Å². The summed E-state index contributed by atoms with van der Waals surface area (Å²) in [6, 6.07) is 11.5. The number of sulfonamides is 1. The number of hydrogen-bond acceptors (Lipinski definition) is 3. The van der Waals surface area contributed by atoms with Crippen LogP contribution in [0.1, 0.15) is 17.2 Å². The second kappa shape index (κ2) is 6.69. The maximum atomic E-state index is 12.5. The van der Waals surface area contributed by atoms with Crippen molar-refractivity contribution in [2.24, 2.45) is 0 Å². The first-order chi connectivity index (χ1) is 10.7. The topological polar surface area (TPSA) is 66.4 Å². The van der Waals surface area contributed by atoms with Crippen LogP contribution in [0.25, 0.3) is 0 Å². The van der Waals surface area contributed by atoms with E-state index in [1.807, 2.05) is 0 Å². The van der Waals surface area contributed by atoms with Crippen LogP contribution in [-0.4, -0.2) is 20.1 Å². The summed E-state index contributed by atoms with van der Waals surface area (Å²) in [5, 5.41) is 9.92. The third kappa shape index (κ3) is 4.54. The van der Waals surface area contributed by atoms with E-state index < -0.39 is 27.9 Å². The van der Waals surface area contributed by atoms with Crippen LogP contribution < -0.4 is 4.72 Å². The average Bonchev–Trinajstić information content (AvgIpc) is 2.53. The minimum Gasteiger partial charge on any atom is -0.387 e. The number of aliphatic hydroxyl groups excluding tert-OH is 1. The van der Waals surface area contributed by atoms with Crippen LogP contribution in [0, 0.1) is 0 Å². The summed E-state index contributed by atoms with van der Waals surface area (Å²) in [6.45, 7) is -0.345. The molecular formula is C15H14F3NO3S. The third-order valence-corrected chi connectivity index (χ3v) is 4.58. The molecule has 2 aromatic carbocycles. The van der Waals surface area contributed by atoms with Crippen molar-refractivity contribution >= 4 is 10.0 Å². The van der Waals surface area contributed by atoms with Gasteiger partial charge in [-0.2, -0.15) is 13.2 Å². The van der Waals surface area contributed by atoms with Gasteiger partial charge in [0.05, 0.1) is 16.6 Å².